The molecule has 2 aromatic rings. The molecule has 4 heteroatoms. The summed E-state index contributed by atoms with van der Waals surface area (Å²) in [4.78, 5) is 9.19. The summed E-state index contributed by atoms with van der Waals surface area (Å²) in [6.07, 6.45) is 7.41. The van der Waals surface area contributed by atoms with Gasteiger partial charge in [-0.25, -0.2) is 4.98 Å². The Morgan fingerprint density at radius 2 is 2.45 bits per heavy atom. The number of hydrogen-bond donors (Lipinski definition) is 0. The van der Waals surface area contributed by atoms with E-state index in [0.29, 0.717) is 0 Å². The van der Waals surface area contributed by atoms with E-state index in [1.54, 1.807) is 23.9 Å². The lowest BCUT2D eigenvalue weighted by atomic mass is 10.5. The number of aromatic nitrogens is 3. The number of hydrogen-bond acceptors (Lipinski definition) is 3. The van der Waals surface area contributed by atoms with Gasteiger partial charge < -0.3 is 4.57 Å². The van der Waals surface area contributed by atoms with E-state index >= 15 is 0 Å². The van der Waals surface area contributed by atoms with Gasteiger partial charge in [-0.1, -0.05) is 0 Å². The molecule has 56 valence electrons. The standard InChI is InChI=1S/C7H7N3S/c1-2-10(5-8-1)4-7-3-9-6-11-7/h1-3,5-6H,4H2. The summed E-state index contributed by atoms with van der Waals surface area (Å²) in [6.45, 7) is 0.880. The molecule has 0 aromatic carbocycles. The molecule has 3 nitrogen and oxygen atoms in total. The summed E-state index contributed by atoms with van der Waals surface area (Å²) in [5.74, 6) is 0. The molecule has 0 atom stereocenters. The van der Waals surface area contributed by atoms with Gasteiger partial charge in [0.2, 0.25) is 0 Å². The second kappa shape index (κ2) is 2.84. The third kappa shape index (κ3) is 1.46. The highest BCUT2D eigenvalue weighted by atomic mass is 32.1. The van der Waals surface area contributed by atoms with Crippen LogP contribution in [0.25, 0.3) is 0 Å². The van der Waals surface area contributed by atoms with Crippen LogP contribution >= 0.6 is 11.3 Å². The van der Waals surface area contributed by atoms with Crippen LogP contribution in [-0.4, -0.2) is 14.5 Å². The van der Waals surface area contributed by atoms with E-state index in [-0.39, 0.29) is 0 Å². The molecule has 0 unspecified atom stereocenters. The van der Waals surface area contributed by atoms with Gasteiger partial charge in [-0.3, -0.25) is 4.98 Å². The number of nitrogens with zero attached hydrogens (tertiary/aromatic N) is 3. The predicted octanol–water partition coefficient (Wildman–Crippen LogP) is 1.39. The van der Waals surface area contributed by atoms with Gasteiger partial charge in [-0.2, -0.15) is 0 Å². The molecule has 11 heavy (non-hydrogen) atoms. The first-order valence-corrected chi connectivity index (χ1v) is 4.16. The van der Waals surface area contributed by atoms with Crippen molar-refractivity contribution in [3.05, 3.63) is 35.3 Å². The molecule has 0 amide bonds. The van der Waals surface area contributed by atoms with Gasteiger partial charge in [0, 0.05) is 23.5 Å². The number of thiazole rings is 1. The van der Waals surface area contributed by atoms with Gasteiger partial charge in [-0.15, -0.1) is 11.3 Å². The molecule has 0 bridgehead atoms. The molecule has 2 heterocycles. The highest BCUT2D eigenvalue weighted by Gasteiger charge is 1.93. The second-order valence-electron chi connectivity index (χ2n) is 2.20. The van der Waals surface area contributed by atoms with Crippen molar-refractivity contribution >= 4 is 11.3 Å². The molecule has 0 saturated carbocycles. The largest absolute Gasteiger partial charge is 0.332 e. The first-order chi connectivity index (χ1) is 5.45. The fourth-order valence-electron chi connectivity index (χ4n) is 0.880. The minimum absolute atomic E-state index is 0.880. The van der Waals surface area contributed by atoms with E-state index in [2.05, 4.69) is 9.97 Å². The highest BCUT2D eigenvalue weighted by molar-refractivity contribution is 7.09. The zero-order valence-electron chi connectivity index (χ0n) is 5.84. The minimum Gasteiger partial charge on any atom is -0.332 e. The van der Waals surface area contributed by atoms with Crippen LogP contribution in [0.2, 0.25) is 0 Å². The van der Waals surface area contributed by atoms with E-state index in [1.165, 1.54) is 4.88 Å². The molecular formula is C7H7N3S. The van der Waals surface area contributed by atoms with Crippen molar-refractivity contribution < 1.29 is 0 Å². The van der Waals surface area contributed by atoms with E-state index in [9.17, 15) is 0 Å². The lowest BCUT2D eigenvalue weighted by molar-refractivity contribution is 0.808. The van der Waals surface area contributed by atoms with Crippen LogP contribution in [0.5, 0.6) is 0 Å². The van der Waals surface area contributed by atoms with Crippen molar-refractivity contribution in [2.24, 2.45) is 0 Å². The maximum atomic E-state index is 3.99. The molecular weight excluding hydrogens is 158 g/mol. The predicted molar refractivity (Wildman–Crippen MR) is 43.4 cm³/mol. The average Bonchev–Trinajstić information content (AvgIpc) is 2.60. The van der Waals surface area contributed by atoms with Crippen LogP contribution in [0.15, 0.2) is 30.4 Å². The van der Waals surface area contributed by atoms with Gasteiger partial charge in [0.05, 0.1) is 18.4 Å². The molecule has 0 aliphatic heterocycles. The molecule has 2 aromatic heterocycles. The zero-order chi connectivity index (χ0) is 7.52. The Bertz CT molecular complexity index is 266. The van der Waals surface area contributed by atoms with Crippen molar-refractivity contribution in [3.63, 3.8) is 0 Å². The maximum absolute atomic E-state index is 3.99. The summed E-state index contributed by atoms with van der Waals surface area (Å²) < 4.78 is 2.02. The summed E-state index contributed by atoms with van der Waals surface area (Å²) in [5.41, 5.74) is 1.84. The Labute approximate surface area is 68.4 Å². The van der Waals surface area contributed by atoms with Crippen molar-refractivity contribution in [1.29, 1.82) is 0 Å². The van der Waals surface area contributed by atoms with E-state index in [1.807, 2.05) is 22.5 Å². The van der Waals surface area contributed by atoms with E-state index < -0.39 is 0 Å². The smallest absolute Gasteiger partial charge is 0.0949 e. The molecule has 0 N–H and O–H groups in total. The van der Waals surface area contributed by atoms with E-state index in [0.717, 1.165) is 6.54 Å². The molecule has 0 radical (unpaired) electrons. The van der Waals surface area contributed by atoms with Gasteiger partial charge in [-0.05, 0) is 0 Å². The summed E-state index contributed by atoms with van der Waals surface area (Å²) in [6, 6.07) is 0. The zero-order valence-corrected chi connectivity index (χ0v) is 6.66. The summed E-state index contributed by atoms with van der Waals surface area (Å²) >= 11 is 1.66. The Hall–Kier alpha value is -1.16. The van der Waals surface area contributed by atoms with Gasteiger partial charge in [0.25, 0.3) is 0 Å². The van der Waals surface area contributed by atoms with Crippen molar-refractivity contribution in [2.45, 2.75) is 6.54 Å². The SMILES string of the molecule is c1cn(Cc2cncs2)cn1. The fraction of sp³-hybridized carbons (Fsp3) is 0.143. The Balaban J connectivity index is 2.14. The molecule has 0 aliphatic carbocycles. The van der Waals surface area contributed by atoms with E-state index in [4.69, 9.17) is 0 Å². The maximum Gasteiger partial charge on any atom is 0.0949 e. The average molecular weight is 165 g/mol. The fourth-order valence-corrected chi connectivity index (χ4v) is 1.48. The molecule has 0 spiro atoms. The monoisotopic (exact) mass is 165 g/mol. The first-order valence-electron chi connectivity index (χ1n) is 3.28. The minimum atomic E-state index is 0.880. The third-order valence-corrected chi connectivity index (χ3v) is 2.15. The van der Waals surface area contributed by atoms with Crippen molar-refractivity contribution in [3.8, 4) is 0 Å². The first kappa shape index (κ1) is 6.54. The van der Waals surface area contributed by atoms with Gasteiger partial charge in [0.1, 0.15) is 0 Å². The lowest BCUT2D eigenvalue weighted by Gasteiger charge is -1.95. The number of imidazole rings is 1. The van der Waals surface area contributed by atoms with Gasteiger partial charge in [0.15, 0.2) is 0 Å². The summed E-state index contributed by atoms with van der Waals surface area (Å²) in [5, 5.41) is 0. The second-order valence-corrected chi connectivity index (χ2v) is 3.17. The Morgan fingerprint density at radius 3 is 3.09 bits per heavy atom. The topological polar surface area (TPSA) is 30.7 Å². The quantitative estimate of drug-likeness (QED) is 0.673. The number of rotatable bonds is 2. The van der Waals surface area contributed by atoms with Crippen LogP contribution in [0, 0.1) is 0 Å². The molecule has 0 saturated heterocycles. The molecule has 0 aliphatic rings. The van der Waals surface area contributed by atoms with Crippen LogP contribution in [-0.2, 0) is 6.54 Å². The third-order valence-electron chi connectivity index (χ3n) is 1.38. The van der Waals surface area contributed by atoms with Crippen LogP contribution < -0.4 is 0 Å². The van der Waals surface area contributed by atoms with Crippen molar-refractivity contribution in [1.82, 2.24) is 14.5 Å². The van der Waals surface area contributed by atoms with Gasteiger partial charge >= 0.3 is 0 Å². The lowest BCUT2D eigenvalue weighted by Crippen LogP contribution is -1.92. The van der Waals surface area contributed by atoms with Crippen LogP contribution in [0.1, 0.15) is 4.88 Å². The Morgan fingerprint density at radius 1 is 1.45 bits per heavy atom. The molecule has 0 fully saturated rings. The van der Waals surface area contributed by atoms with Crippen LogP contribution in [0.4, 0.5) is 0 Å². The highest BCUT2D eigenvalue weighted by Crippen LogP contribution is 2.06. The Kier molecular flexibility index (Phi) is 1.69. The molecule has 2 rings (SSSR count). The van der Waals surface area contributed by atoms with Crippen LogP contribution in [0.3, 0.4) is 0 Å². The van der Waals surface area contributed by atoms with Crippen molar-refractivity contribution in [2.75, 3.05) is 0 Å². The summed E-state index contributed by atoms with van der Waals surface area (Å²) in [7, 11) is 0. The normalized spacial score (nSPS) is 10.2.